The van der Waals surface area contributed by atoms with Gasteiger partial charge in [-0.25, -0.2) is 18.2 Å². The summed E-state index contributed by atoms with van der Waals surface area (Å²) in [4.78, 5) is 63.8. The summed E-state index contributed by atoms with van der Waals surface area (Å²) in [5.41, 5.74) is 0.626. The van der Waals surface area contributed by atoms with Crippen molar-refractivity contribution in [3.63, 3.8) is 0 Å². The zero-order valence-electron chi connectivity index (χ0n) is 33.4. The number of fused-ring (bicyclic) bond motifs is 5. The number of sulfonamides is 1. The number of rotatable bonds is 9. The molecule has 15 nitrogen and oxygen atoms in total. The van der Waals surface area contributed by atoms with Gasteiger partial charge in [-0.2, -0.15) is 0 Å². The molecule has 1 saturated heterocycles. The lowest BCUT2D eigenvalue weighted by Crippen LogP contribution is -2.58. The number of hydrogen-bond acceptors (Lipinski definition) is 12. The highest BCUT2D eigenvalue weighted by atomic mass is 32.2. The highest BCUT2D eigenvalue weighted by Crippen LogP contribution is 2.46. The first-order valence-corrected chi connectivity index (χ1v) is 23.4. The number of allylic oxidation sites excluding steroid dienone is 1. The number of benzene rings is 1. The van der Waals surface area contributed by atoms with Crippen molar-refractivity contribution in [2.45, 2.75) is 119 Å². The number of thiophene rings is 1. The van der Waals surface area contributed by atoms with Crippen LogP contribution in [0.4, 0.5) is 4.79 Å². The summed E-state index contributed by atoms with van der Waals surface area (Å²) < 4.78 is 52.4. The largest absolute Gasteiger partial charge is 0.497 e. The maximum atomic E-state index is 14.8. The van der Waals surface area contributed by atoms with Crippen molar-refractivity contribution in [1.29, 1.82) is 0 Å². The number of aromatic nitrogens is 1. The number of nitrogens with zero attached hydrogens (tertiary/aromatic N) is 2. The number of amides is 4. The topological polar surface area (TPSA) is 195 Å². The highest BCUT2D eigenvalue weighted by Gasteiger charge is 2.62. The number of carbonyl (C=O) groups is 4. The van der Waals surface area contributed by atoms with E-state index in [-0.39, 0.29) is 25.5 Å². The monoisotopic (exact) mass is 859 g/mol. The number of alkyl carbamates (subject to hydrolysis) is 1. The quantitative estimate of drug-likeness (QED) is 0.165. The second kappa shape index (κ2) is 16.4. The SMILES string of the molecule is COc1ccc2c(c1)oc1c(O[C@@H]3C[C@H]4C(=O)N[C@]5(C(=O)NS(=O)(=O)C6CC6)C[C@H]5/C=C\CCCCC[C@H](NC(=O)OC5CCCC5)C(=O)N4C3)cc(-c3cccs3)nc12. The fourth-order valence-corrected chi connectivity index (χ4v) is 10.9. The lowest BCUT2D eigenvalue weighted by atomic mass is 10.0. The van der Waals surface area contributed by atoms with Crippen LogP contribution in [0, 0.1) is 5.92 Å². The normalized spacial score (nSPS) is 27.0. The van der Waals surface area contributed by atoms with Gasteiger partial charge in [0.2, 0.25) is 21.8 Å². The minimum Gasteiger partial charge on any atom is -0.497 e. The van der Waals surface area contributed by atoms with E-state index in [4.69, 9.17) is 23.6 Å². The number of nitrogens with one attached hydrogen (secondary N) is 3. The molecule has 0 unspecified atom stereocenters. The average molecular weight is 860 g/mol. The Morgan fingerprint density at radius 2 is 1.83 bits per heavy atom. The van der Waals surface area contributed by atoms with Gasteiger partial charge in [-0.05, 0) is 87.8 Å². The van der Waals surface area contributed by atoms with Crippen LogP contribution in [0.15, 0.2) is 58.3 Å². The van der Waals surface area contributed by atoms with Crippen molar-refractivity contribution >= 4 is 67.2 Å². The van der Waals surface area contributed by atoms with Crippen LogP contribution in [0.5, 0.6) is 11.5 Å². The molecule has 5 atom stereocenters. The van der Waals surface area contributed by atoms with E-state index in [1.54, 1.807) is 19.2 Å². The third-order valence-corrected chi connectivity index (χ3v) is 15.1. The number of hydrogen-bond donors (Lipinski definition) is 3. The summed E-state index contributed by atoms with van der Waals surface area (Å²) in [5.74, 6) is -1.36. The van der Waals surface area contributed by atoms with E-state index in [0.717, 1.165) is 48.8 Å². The van der Waals surface area contributed by atoms with E-state index in [2.05, 4.69) is 15.4 Å². The highest BCUT2D eigenvalue weighted by molar-refractivity contribution is 7.91. The van der Waals surface area contributed by atoms with Gasteiger partial charge in [-0.15, -0.1) is 11.3 Å². The first kappa shape index (κ1) is 40.3. The predicted molar refractivity (Wildman–Crippen MR) is 223 cm³/mol. The van der Waals surface area contributed by atoms with Crippen LogP contribution in [-0.4, -0.2) is 90.9 Å². The van der Waals surface area contributed by atoms with E-state index in [0.29, 0.717) is 66.0 Å². The summed E-state index contributed by atoms with van der Waals surface area (Å²) in [6.07, 6.45) is 10.0. The molecule has 318 valence electrons. The van der Waals surface area contributed by atoms with Crippen molar-refractivity contribution in [2.75, 3.05) is 13.7 Å². The molecule has 0 bridgehead atoms. The van der Waals surface area contributed by atoms with Crippen molar-refractivity contribution in [3.8, 4) is 22.1 Å². The standard InChI is InChI=1S/C43H49N5O10S2/c1-55-27-15-18-30-34(21-27)58-38-35(22-32(44-37(30)38)36-14-9-19-59-36)56-28-20-33-39(49)46-43(41(51)47-60(53,54)29-16-17-29)23-25(43)10-5-3-2-4-6-13-31(40(50)48(33)24-28)45-42(52)57-26-11-7-8-12-26/h5,9-10,14-15,18-19,21-22,25-26,28-29,31,33H,2-4,6-8,11-13,16-17,20,23-24H2,1H3,(H,45,52)(H,46,49)(H,47,51)/b10-5-/t25-,28-,31+,33+,43-/m1/s1. The van der Waals surface area contributed by atoms with Crippen LogP contribution in [-0.2, 0) is 29.1 Å². The Labute approximate surface area is 351 Å². The Bertz CT molecular complexity index is 2440. The maximum Gasteiger partial charge on any atom is 0.408 e. The zero-order valence-corrected chi connectivity index (χ0v) is 35.0. The molecule has 5 heterocycles. The Morgan fingerprint density at radius 3 is 2.60 bits per heavy atom. The van der Waals surface area contributed by atoms with E-state index >= 15 is 0 Å². The van der Waals surface area contributed by atoms with Crippen LogP contribution in [0.1, 0.15) is 83.5 Å². The zero-order chi connectivity index (χ0) is 41.6. The summed E-state index contributed by atoms with van der Waals surface area (Å²) in [5, 5.41) is 7.82. The molecule has 3 N–H and O–H groups in total. The Hall–Kier alpha value is -5.16. The fourth-order valence-electron chi connectivity index (χ4n) is 8.81. The number of pyridine rings is 1. The summed E-state index contributed by atoms with van der Waals surface area (Å²) in [6.45, 7) is -0.0302. The third-order valence-electron chi connectivity index (χ3n) is 12.4. The molecular weight excluding hydrogens is 811 g/mol. The smallest absolute Gasteiger partial charge is 0.408 e. The minimum absolute atomic E-state index is 0.0294. The Kier molecular flexibility index (Phi) is 11.0. The van der Waals surface area contributed by atoms with Crippen molar-refractivity contribution in [3.05, 3.63) is 53.9 Å². The third kappa shape index (κ3) is 8.17. The molecule has 0 spiro atoms. The molecule has 17 heteroatoms. The lowest BCUT2D eigenvalue weighted by Gasteiger charge is -2.30. The fraction of sp³-hybridized carbons (Fsp3) is 0.512. The molecule has 5 aliphatic rings. The summed E-state index contributed by atoms with van der Waals surface area (Å²) in [7, 11) is -2.34. The van der Waals surface area contributed by atoms with E-state index in [9.17, 15) is 27.6 Å². The maximum absolute atomic E-state index is 14.8. The first-order valence-electron chi connectivity index (χ1n) is 21.0. The molecule has 3 aromatic heterocycles. The molecule has 4 amide bonds. The van der Waals surface area contributed by atoms with Crippen LogP contribution < -0.4 is 24.8 Å². The summed E-state index contributed by atoms with van der Waals surface area (Å²) >= 11 is 1.52. The number of ether oxygens (including phenoxy) is 3. The van der Waals surface area contributed by atoms with Gasteiger partial charge in [0.05, 0.1) is 29.5 Å². The number of furan rings is 1. The van der Waals surface area contributed by atoms with Gasteiger partial charge < -0.3 is 34.2 Å². The summed E-state index contributed by atoms with van der Waals surface area (Å²) in [6, 6.07) is 9.02. The minimum atomic E-state index is -3.91. The molecule has 2 aliphatic heterocycles. The van der Waals surface area contributed by atoms with Crippen LogP contribution >= 0.6 is 11.3 Å². The molecule has 3 saturated carbocycles. The van der Waals surface area contributed by atoms with Gasteiger partial charge in [0.15, 0.2) is 11.3 Å². The van der Waals surface area contributed by atoms with Crippen LogP contribution in [0.25, 0.3) is 32.6 Å². The van der Waals surface area contributed by atoms with E-state index in [1.165, 1.54) is 16.2 Å². The van der Waals surface area contributed by atoms with E-state index in [1.807, 2.05) is 41.8 Å². The molecule has 0 radical (unpaired) electrons. The number of methoxy groups -OCH3 is 1. The van der Waals surface area contributed by atoms with Crippen LogP contribution in [0.2, 0.25) is 0 Å². The number of carbonyl (C=O) groups excluding carboxylic acids is 4. The van der Waals surface area contributed by atoms with Gasteiger partial charge >= 0.3 is 6.09 Å². The molecule has 4 fully saturated rings. The first-order chi connectivity index (χ1) is 29.0. The average Bonchev–Trinajstić information content (AvgIpc) is 3.84. The predicted octanol–water partition coefficient (Wildman–Crippen LogP) is 6.11. The van der Waals surface area contributed by atoms with Gasteiger partial charge in [0, 0.05) is 29.9 Å². The van der Waals surface area contributed by atoms with Gasteiger partial charge in [-0.3, -0.25) is 19.1 Å². The molecule has 4 aromatic rings. The van der Waals surface area contributed by atoms with Crippen molar-refractivity contribution in [1.82, 2.24) is 25.2 Å². The molecular formula is C43H49N5O10S2. The van der Waals surface area contributed by atoms with Gasteiger partial charge in [0.1, 0.15) is 46.7 Å². The second-order valence-electron chi connectivity index (χ2n) is 16.6. The molecule has 3 aliphatic carbocycles. The van der Waals surface area contributed by atoms with E-state index < -0.39 is 68.7 Å². The van der Waals surface area contributed by atoms with Gasteiger partial charge in [0.25, 0.3) is 5.91 Å². The van der Waals surface area contributed by atoms with Crippen LogP contribution in [0.3, 0.4) is 0 Å². The molecule has 9 rings (SSSR count). The van der Waals surface area contributed by atoms with Crippen molar-refractivity contribution < 1.29 is 46.2 Å². The lowest BCUT2D eigenvalue weighted by molar-refractivity contribution is -0.141. The Morgan fingerprint density at radius 1 is 1.02 bits per heavy atom. The molecule has 60 heavy (non-hydrogen) atoms. The second-order valence-corrected chi connectivity index (χ2v) is 19.5. The molecule has 1 aromatic carbocycles. The van der Waals surface area contributed by atoms with Gasteiger partial charge in [-0.1, -0.05) is 31.1 Å². The van der Waals surface area contributed by atoms with Crippen molar-refractivity contribution in [2.24, 2.45) is 5.92 Å². The Balaban J connectivity index is 1.05.